The fraction of sp³-hybridized carbons (Fsp3) is 0.357. The molecular weight excluding hydrogens is 438 g/mol. The lowest BCUT2D eigenvalue weighted by molar-refractivity contribution is 0.287. The maximum atomic E-state index is 12.8. The Labute approximate surface area is 206 Å². The van der Waals surface area contributed by atoms with Gasteiger partial charge in [-0.05, 0) is 54.8 Å². The van der Waals surface area contributed by atoms with E-state index in [0.717, 1.165) is 35.7 Å². The van der Waals surface area contributed by atoms with Gasteiger partial charge < -0.3 is 15.4 Å². The molecule has 3 N–H and O–H groups in total. The van der Waals surface area contributed by atoms with Gasteiger partial charge in [-0.15, -0.1) is 0 Å². The number of likely N-dealkylation sites (N-methyl/N-ethyl adjacent to an activating group) is 1. The number of aromatic nitrogens is 3. The van der Waals surface area contributed by atoms with Crippen LogP contribution >= 0.6 is 0 Å². The van der Waals surface area contributed by atoms with Crippen LogP contribution in [0.3, 0.4) is 0 Å². The summed E-state index contributed by atoms with van der Waals surface area (Å²) in [5, 5.41) is 9.89. The Morgan fingerprint density at radius 1 is 1.09 bits per heavy atom. The summed E-state index contributed by atoms with van der Waals surface area (Å²) in [6.45, 7) is 8.20. The molecule has 0 amide bonds. The Morgan fingerprint density at radius 3 is 2.40 bits per heavy atom. The second-order valence-corrected chi connectivity index (χ2v) is 9.30. The van der Waals surface area contributed by atoms with Gasteiger partial charge in [-0.2, -0.15) is 0 Å². The van der Waals surface area contributed by atoms with E-state index in [1.165, 1.54) is 10.1 Å². The first kappa shape index (κ1) is 24.5. The van der Waals surface area contributed by atoms with Crippen molar-refractivity contribution in [2.75, 3.05) is 26.0 Å². The van der Waals surface area contributed by atoms with Crippen LogP contribution in [-0.4, -0.2) is 35.3 Å². The fourth-order valence-corrected chi connectivity index (χ4v) is 4.85. The van der Waals surface area contributed by atoms with Crippen LogP contribution in [0.15, 0.2) is 65.5 Å². The first-order valence-electron chi connectivity index (χ1n) is 12.2. The highest BCUT2D eigenvalue weighted by atomic mass is 16.5. The summed E-state index contributed by atoms with van der Waals surface area (Å²) in [7, 11) is 3.65. The summed E-state index contributed by atoms with van der Waals surface area (Å²) in [4.78, 5) is 17.4. The molecule has 0 saturated heterocycles. The lowest BCUT2D eigenvalue weighted by atomic mass is 9.69. The van der Waals surface area contributed by atoms with E-state index in [2.05, 4.69) is 65.8 Å². The molecule has 2 aromatic carbocycles. The summed E-state index contributed by atoms with van der Waals surface area (Å²) in [5.41, 5.74) is 5.38. The number of anilines is 1. The molecule has 0 saturated carbocycles. The van der Waals surface area contributed by atoms with Gasteiger partial charge in [0.05, 0.1) is 25.0 Å². The van der Waals surface area contributed by atoms with Crippen molar-refractivity contribution in [3.63, 3.8) is 0 Å². The largest absolute Gasteiger partial charge is 0.497 e. The van der Waals surface area contributed by atoms with Crippen molar-refractivity contribution in [3.05, 3.63) is 82.3 Å². The fourth-order valence-electron chi connectivity index (χ4n) is 4.85. The van der Waals surface area contributed by atoms with E-state index in [1.807, 2.05) is 37.4 Å². The minimum atomic E-state index is -0.136. The van der Waals surface area contributed by atoms with E-state index in [0.29, 0.717) is 23.8 Å². The lowest BCUT2D eigenvalue weighted by Crippen LogP contribution is -2.41. The number of H-pyrrole nitrogens is 1. The predicted molar refractivity (Wildman–Crippen MR) is 142 cm³/mol. The molecule has 0 spiro atoms. The first-order valence-corrected chi connectivity index (χ1v) is 12.2. The molecule has 0 radical (unpaired) electrons. The summed E-state index contributed by atoms with van der Waals surface area (Å²) in [5.74, 6) is 1.31. The Balaban J connectivity index is 1.57. The maximum Gasteiger partial charge on any atom is 0.272 e. The van der Waals surface area contributed by atoms with Gasteiger partial charge in [-0.25, -0.2) is 9.50 Å². The molecule has 0 aliphatic heterocycles. The van der Waals surface area contributed by atoms with E-state index >= 15 is 0 Å². The van der Waals surface area contributed by atoms with E-state index in [-0.39, 0.29) is 11.0 Å². The molecule has 2 heterocycles. The normalized spacial score (nSPS) is 13.2. The number of hydrogen-bond acceptors (Lipinski definition) is 5. The van der Waals surface area contributed by atoms with E-state index < -0.39 is 0 Å². The van der Waals surface area contributed by atoms with E-state index in [4.69, 9.17) is 4.74 Å². The number of benzene rings is 2. The van der Waals surface area contributed by atoms with Gasteiger partial charge >= 0.3 is 0 Å². The molecule has 4 rings (SSSR count). The van der Waals surface area contributed by atoms with Gasteiger partial charge in [0.2, 0.25) is 0 Å². The summed E-state index contributed by atoms with van der Waals surface area (Å²) < 4.78 is 6.69. The molecule has 1 atom stereocenters. The molecule has 1 unspecified atom stereocenters. The molecule has 184 valence electrons. The zero-order chi connectivity index (χ0) is 25.0. The average Bonchev–Trinajstić information content (AvgIpc) is 3.31. The molecule has 0 fully saturated rings. The van der Waals surface area contributed by atoms with Gasteiger partial charge in [0.15, 0.2) is 5.65 Å². The third-order valence-electron chi connectivity index (χ3n) is 7.07. The smallest absolute Gasteiger partial charge is 0.272 e. The van der Waals surface area contributed by atoms with Crippen molar-refractivity contribution < 1.29 is 4.74 Å². The van der Waals surface area contributed by atoms with Crippen molar-refractivity contribution in [1.82, 2.24) is 19.9 Å². The topological polar surface area (TPSA) is 83.5 Å². The van der Waals surface area contributed by atoms with Crippen LogP contribution in [0.1, 0.15) is 38.4 Å². The molecule has 0 aliphatic carbocycles. The van der Waals surface area contributed by atoms with Gasteiger partial charge in [0.1, 0.15) is 5.75 Å². The van der Waals surface area contributed by atoms with Crippen molar-refractivity contribution >= 4 is 11.3 Å². The van der Waals surface area contributed by atoms with E-state index in [1.54, 1.807) is 13.2 Å². The molecule has 7 heteroatoms. The van der Waals surface area contributed by atoms with Crippen LogP contribution < -0.4 is 20.9 Å². The number of methoxy groups -OCH3 is 1. The highest BCUT2D eigenvalue weighted by Crippen LogP contribution is 2.36. The molecule has 4 aromatic rings. The summed E-state index contributed by atoms with van der Waals surface area (Å²) in [6, 6.07) is 19.8. The van der Waals surface area contributed by atoms with Crippen molar-refractivity contribution in [2.24, 2.45) is 5.92 Å². The number of nitrogens with zero attached hydrogens (tertiary/aromatic N) is 2. The van der Waals surface area contributed by atoms with Crippen LogP contribution in [-0.2, 0) is 12.0 Å². The van der Waals surface area contributed by atoms with Gasteiger partial charge in [0.25, 0.3) is 5.56 Å². The number of nitrogens with one attached hydrogen (secondary N) is 3. The van der Waals surface area contributed by atoms with Crippen LogP contribution in [0.25, 0.3) is 16.9 Å². The standard InChI is InChI=1S/C28H35N5O2/c1-6-28(18-29-4,19(2)3)21-9-7-20(8-10-21)25-16-26-31-23(15-27(34)33(26)32-25)17-30-22-11-13-24(35-5)14-12-22/h7-16,19,29-30,32H,6,17-18H2,1-5H3. The maximum absolute atomic E-state index is 12.8. The van der Waals surface area contributed by atoms with E-state index in [9.17, 15) is 4.79 Å². The molecule has 0 bridgehead atoms. The van der Waals surface area contributed by atoms with Crippen LogP contribution in [0.2, 0.25) is 0 Å². The molecular formula is C28H35N5O2. The average molecular weight is 474 g/mol. The number of rotatable bonds is 10. The Kier molecular flexibility index (Phi) is 7.26. The third-order valence-corrected chi connectivity index (χ3v) is 7.07. The Morgan fingerprint density at radius 2 is 1.80 bits per heavy atom. The van der Waals surface area contributed by atoms with Crippen LogP contribution in [0, 0.1) is 5.92 Å². The molecule has 35 heavy (non-hydrogen) atoms. The molecule has 2 aromatic heterocycles. The third kappa shape index (κ3) is 4.95. The lowest BCUT2D eigenvalue weighted by Gasteiger charge is -2.37. The SMILES string of the molecule is CCC(CNC)(c1ccc(-c2cc3nc(CNc4ccc(OC)cc4)cc(=O)n3[nH]2)cc1)C(C)C. The number of aromatic amines is 1. The van der Waals surface area contributed by atoms with Crippen LogP contribution in [0.4, 0.5) is 5.69 Å². The second kappa shape index (κ2) is 10.4. The molecule has 7 nitrogen and oxygen atoms in total. The number of ether oxygens (including phenoxy) is 1. The second-order valence-electron chi connectivity index (χ2n) is 9.30. The van der Waals surface area contributed by atoms with Crippen molar-refractivity contribution in [3.8, 4) is 17.0 Å². The van der Waals surface area contributed by atoms with Gasteiger partial charge in [0, 0.05) is 29.8 Å². The first-order chi connectivity index (χ1) is 16.9. The Hall–Kier alpha value is -3.58. The van der Waals surface area contributed by atoms with Crippen LogP contribution in [0.5, 0.6) is 5.75 Å². The predicted octanol–water partition coefficient (Wildman–Crippen LogP) is 4.83. The number of fused-ring (bicyclic) bond motifs is 1. The quantitative estimate of drug-likeness (QED) is 0.307. The monoisotopic (exact) mass is 473 g/mol. The minimum Gasteiger partial charge on any atom is -0.497 e. The highest BCUT2D eigenvalue weighted by Gasteiger charge is 2.33. The highest BCUT2D eigenvalue weighted by molar-refractivity contribution is 5.64. The van der Waals surface area contributed by atoms with Gasteiger partial charge in [-0.3, -0.25) is 9.89 Å². The summed E-state index contributed by atoms with van der Waals surface area (Å²) >= 11 is 0. The molecule has 0 aliphatic rings. The summed E-state index contributed by atoms with van der Waals surface area (Å²) in [6.07, 6.45) is 1.06. The minimum absolute atomic E-state index is 0.0814. The zero-order valence-corrected chi connectivity index (χ0v) is 21.2. The number of hydrogen-bond donors (Lipinski definition) is 3. The zero-order valence-electron chi connectivity index (χ0n) is 21.2. The van der Waals surface area contributed by atoms with Gasteiger partial charge in [-0.1, -0.05) is 45.0 Å². The van der Waals surface area contributed by atoms with Crippen molar-refractivity contribution in [2.45, 2.75) is 39.2 Å². The van der Waals surface area contributed by atoms with Crippen molar-refractivity contribution in [1.29, 1.82) is 0 Å². The Bertz CT molecular complexity index is 1320.